The van der Waals surface area contributed by atoms with Crippen LogP contribution in [-0.2, 0) is 23.7 Å². The lowest BCUT2D eigenvalue weighted by atomic mass is 9.97. The van der Waals surface area contributed by atoms with Crippen LogP contribution in [0.15, 0.2) is 0 Å². The molecule has 0 saturated carbocycles. The Morgan fingerprint density at radius 3 is 1.38 bits per heavy atom. The molecule has 0 spiro atoms. The van der Waals surface area contributed by atoms with Gasteiger partial charge in [-0.3, -0.25) is 4.79 Å². The molecule has 2 rings (SSSR count). The molecule has 16 heteroatoms. The van der Waals surface area contributed by atoms with E-state index < -0.39 is 111 Å². The molecule has 0 aromatic rings. The van der Waals surface area contributed by atoms with Crippen molar-refractivity contribution in [2.75, 3.05) is 19.8 Å². The van der Waals surface area contributed by atoms with Crippen LogP contribution in [0.3, 0.4) is 0 Å². The number of aliphatic hydroxyl groups is 10. The Kier molecular flexibility index (Phi) is 35.7. The molecule has 0 aromatic heterocycles. The SMILES string of the molecule is CCCCCCCCCCCCCCCCCCCC[C@@H](O)C(=O)N[C@@H](CO[C@@H]1O[C@H](CO)[C@H](O[C@H]2O[C@H](CO)[C@H](O)[C@H](O)[C@H]2O)[C@H](O)[C@H]1O)[C@H](O)[C@H](O)CCCCCCCCCCCC(C)C. The topological polar surface area (TPSA) is 268 Å². The molecule has 404 valence electrons. The summed E-state index contributed by atoms with van der Waals surface area (Å²) in [6.07, 6.45) is 12.8. The van der Waals surface area contributed by atoms with Gasteiger partial charge in [-0.25, -0.2) is 0 Å². The van der Waals surface area contributed by atoms with Gasteiger partial charge in [0, 0.05) is 0 Å². The van der Waals surface area contributed by atoms with E-state index in [1.54, 1.807) is 0 Å². The average molecular weight is 980 g/mol. The number of carbonyl (C=O) groups excluding carboxylic acids is 1. The van der Waals surface area contributed by atoms with Crippen molar-refractivity contribution in [1.29, 1.82) is 0 Å². The van der Waals surface area contributed by atoms with Gasteiger partial charge in [0.1, 0.15) is 61.0 Å². The summed E-state index contributed by atoms with van der Waals surface area (Å²) in [7, 11) is 0. The molecule has 1 amide bonds. The highest BCUT2D eigenvalue weighted by Gasteiger charge is 2.51. The number of ether oxygens (including phenoxy) is 4. The summed E-state index contributed by atoms with van der Waals surface area (Å²) in [6, 6.07) is -1.27. The third kappa shape index (κ3) is 25.5. The standard InChI is InChI=1S/C52H101NO15/c1-4-5-6-7-8-9-10-11-12-13-14-15-16-17-20-24-27-30-33-40(57)50(64)53-38(43(58)39(56)32-29-26-23-21-18-19-22-25-28-31-37(2)3)36-65-51-48(63)46(61)49(42(35-55)67-51)68-52-47(62)45(60)44(59)41(34-54)66-52/h37-49,51-52,54-63H,4-36H2,1-3H3,(H,53,64)/t38-,39+,40+,41+,42+,43-,44-,45-,46+,47+,48+,49-,51+,52+/m0/s1. The van der Waals surface area contributed by atoms with Crippen LogP contribution >= 0.6 is 0 Å². The van der Waals surface area contributed by atoms with E-state index in [2.05, 4.69) is 26.1 Å². The van der Waals surface area contributed by atoms with E-state index in [1.807, 2.05) is 0 Å². The Morgan fingerprint density at radius 2 is 0.926 bits per heavy atom. The summed E-state index contributed by atoms with van der Waals surface area (Å²) in [5, 5.41) is 109. The van der Waals surface area contributed by atoms with Crippen LogP contribution in [0.5, 0.6) is 0 Å². The number of unbranched alkanes of at least 4 members (excludes halogenated alkanes) is 25. The molecule has 2 heterocycles. The maximum Gasteiger partial charge on any atom is 0.249 e. The summed E-state index contributed by atoms with van der Waals surface area (Å²) >= 11 is 0. The third-order valence-electron chi connectivity index (χ3n) is 13.9. The fraction of sp³-hybridized carbons (Fsp3) is 0.981. The van der Waals surface area contributed by atoms with Crippen LogP contribution in [0.4, 0.5) is 0 Å². The fourth-order valence-electron chi connectivity index (χ4n) is 9.35. The van der Waals surface area contributed by atoms with Crippen LogP contribution in [0.25, 0.3) is 0 Å². The van der Waals surface area contributed by atoms with Gasteiger partial charge in [-0.2, -0.15) is 0 Å². The Hall–Kier alpha value is -1.09. The number of hydrogen-bond acceptors (Lipinski definition) is 15. The van der Waals surface area contributed by atoms with Gasteiger partial charge in [-0.05, 0) is 18.8 Å². The number of carbonyl (C=O) groups is 1. The van der Waals surface area contributed by atoms with E-state index in [0.29, 0.717) is 12.8 Å². The predicted molar refractivity (Wildman–Crippen MR) is 261 cm³/mol. The molecule has 0 radical (unpaired) electrons. The van der Waals surface area contributed by atoms with Crippen molar-refractivity contribution in [3.63, 3.8) is 0 Å². The highest BCUT2D eigenvalue weighted by molar-refractivity contribution is 5.80. The van der Waals surface area contributed by atoms with Gasteiger partial charge in [-0.1, -0.05) is 201 Å². The van der Waals surface area contributed by atoms with Crippen molar-refractivity contribution in [1.82, 2.24) is 5.32 Å². The smallest absolute Gasteiger partial charge is 0.249 e. The number of aliphatic hydroxyl groups excluding tert-OH is 10. The Labute approximate surface area is 409 Å². The molecule has 0 unspecified atom stereocenters. The van der Waals surface area contributed by atoms with Crippen LogP contribution in [0, 0.1) is 5.92 Å². The number of nitrogens with one attached hydrogen (secondary N) is 1. The van der Waals surface area contributed by atoms with Crippen molar-refractivity contribution in [2.45, 2.75) is 299 Å². The zero-order valence-corrected chi connectivity index (χ0v) is 42.5. The molecule has 0 aromatic carbocycles. The van der Waals surface area contributed by atoms with Gasteiger partial charge in [0.2, 0.25) is 5.91 Å². The summed E-state index contributed by atoms with van der Waals surface area (Å²) in [5.41, 5.74) is 0. The van der Waals surface area contributed by atoms with Crippen LogP contribution < -0.4 is 5.32 Å². The minimum atomic E-state index is -1.85. The van der Waals surface area contributed by atoms with E-state index in [1.165, 1.54) is 122 Å². The number of rotatable bonds is 42. The second-order valence-electron chi connectivity index (χ2n) is 20.5. The molecule has 14 atom stereocenters. The monoisotopic (exact) mass is 980 g/mol. The van der Waals surface area contributed by atoms with Crippen molar-refractivity contribution in [2.24, 2.45) is 5.92 Å². The average Bonchev–Trinajstić information content (AvgIpc) is 3.32. The molecule has 0 aliphatic carbocycles. The Balaban J connectivity index is 1.86. The van der Waals surface area contributed by atoms with E-state index in [-0.39, 0.29) is 12.8 Å². The first-order chi connectivity index (χ1) is 32.8. The largest absolute Gasteiger partial charge is 0.394 e. The maximum atomic E-state index is 13.3. The highest BCUT2D eigenvalue weighted by Crippen LogP contribution is 2.30. The van der Waals surface area contributed by atoms with Gasteiger partial charge < -0.3 is 75.3 Å². The summed E-state index contributed by atoms with van der Waals surface area (Å²) in [4.78, 5) is 13.3. The van der Waals surface area contributed by atoms with Gasteiger partial charge in [0.25, 0.3) is 0 Å². The molecule has 11 N–H and O–H groups in total. The summed E-state index contributed by atoms with van der Waals surface area (Å²) < 4.78 is 22.5. The zero-order valence-electron chi connectivity index (χ0n) is 42.5. The summed E-state index contributed by atoms with van der Waals surface area (Å²) in [6.45, 7) is 4.71. The first-order valence-corrected chi connectivity index (χ1v) is 27.3. The van der Waals surface area contributed by atoms with Crippen molar-refractivity contribution in [3.05, 3.63) is 0 Å². The number of hydrogen-bond donors (Lipinski definition) is 11. The van der Waals surface area contributed by atoms with Crippen molar-refractivity contribution >= 4 is 5.91 Å². The second kappa shape index (κ2) is 38.5. The molecular weight excluding hydrogens is 879 g/mol. The van der Waals surface area contributed by atoms with Gasteiger partial charge in [0.15, 0.2) is 12.6 Å². The predicted octanol–water partition coefficient (Wildman–Crippen LogP) is 5.57. The van der Waals surface area contributed by atoms with Crippen LogP contribution in [0.2, 0.25) is 0 Å². The lowest BCUT2D eigenvalue weighted by Gasteiger charge is -2.46. The molecule has 16 nitrogen and oxygen atoms in total. The lowest BCUT2D eigenvalue weighted by molar-refractivity contribution is -0.359. The molecule has 0 bridgehead atoms. The van der Waals surface area contributed by atoms with Crippen LogP contribution in [-0.4, -0.2) is 163 Å². The third-order valence-corrected chi connectivity index (χ3v) is 13.9. The Morgan fingerprint density at radius 1 is 0.515 bits per heavy atom. The minimum absolute atomic E-state index is 0.208. The Bertz CT molecular complexity index is 1200. The molecule has 2 fully saturated rings. The first-order valence-electron chi connectivity index (χ1n) is 27.3. The van der Waals surface area contributed by atoms with Gasteiger partial charge in [0.05, 0.1) is 32.0 Å². The molecule has 2 saturated heterocycles. The molecule has 2 aliphatic rings. The highest BCUT2D eigenvalue weighted by atomic mass is 16.7. The second-order valence-corrected chi connectivity index (χ2v) is 20.5. The molecule has 68 heavy (non-hydrogen) atoms. The molecular formula is C52H101NO15. The quantitative estimate of drug-likeness (QED) is 0.0334. The zero-order chi connectivity index (χ0) is 50.1. The summed E-state index contributed by atoms with van der Waals surface area (Å²) in [5.74, 6) is -0.0190. The van der Waals surface area contributed by atoms with Gasteiger partial charge >= 0.3 is 0 Å². The van der Waals surface area contributed by atoms with E-state index in [4.69, 9.17) is 18.9 Å². The molecule has 2 aliphatic heterocycles. The van der Waals surface area contributed by atoms with Crippen molar-refractivity contribution < 1.29 is 74.8 Å². The normalized spacial score (nSPS) is 27.3. The lowest BCUT2D eigenvalue weighted by Crippen LogP contribution is -2.65. The van der Waals surface area contributed by atoms with Crippen LogP contribution in [0.1, 0.15) is 213 Å². The van der Waals surface area contributed by atoms with E-state index in [9.17, 15) is 55.9 Å². The van der Waals surface area contributed by atoms with Crippen molar-refractivity contribution in [3.8, 4) is 0 Å². The van der Waals surface area contributed by atoms with Gasteiger partial charge in [-0.15, -0.1) is 0 Å². The van der Waals surface area contributed by atoms with E-state index in [0.717, 1.165) is 50.9 Å². The number of amides is 1. The fourth-order valence-corrected chi connectivity index (χ4v) is 9.35. The minimum Gasteiger partial charge on any atom is -0.394 e. The first kappa shape index (κ1) is 63.0. The maximum absolute atomic E-state index is 13.3. The van der Waals surface area contributed by atoms with E-state index >= 15 is 0 Å².